The highest BCUT2D eigenvalue weighted by molar-refractivity contribution is 6.08. The molecule has 0 saturated heterocycles. The summed E-state index contributed by atoms with van der Waals surface area (Å²) in [6.07, 6.45) is 21.1. The molecule has 0 aliphatic carbocycles. The van der Waals surface area contributed by atoms with E-state index in [1.54, 1.807) is 0 Å². The smallest absolute Gasteiger partial charge is 0.0685 e. The lowest BCUT2D eigenvalue weighted by Crippen LogP contribution is -2.41. The number of aliphatic imine (C=N–C) groups is 1. The summed E-state index contributed by atoms with van der Waals surface area (Å²) in [7, 11) is 0. The van der Waals surface area contributed by atoms with Gasteiger partial charge in [-0.3, -0.25) is 29.9 Å². The summed E-state index contributed by atoms with van der Waals surface area (Å²) in [5.74, 6) is 0. The van der Waals surface area contributed by atoms with E-state index in [9.17, 15) is 0 Å². The molecule has 6 aromatic heterocycles. The lowest BCUT2D eigenvalue weighted by molar-refractivity contribution is 0.595. The zero-order valence-corrected chi connectivity index (χ0v) is 30.0. The number of hydrogen-bond donors (Lipinski definition) is 0. The van der Waals surface area contributed by atoms with E-state index in [2.05, 4.69) is 140 Å². The lowest BCUT2D eigenvalue weighted by atomic mass is 9.79. The molecule has 2 atom stereocenters. The maximum absolute atomic E-state index is 4.83. The van der Waals surface area contributed by atoms with Crippen LogP contribution < -0.4 is 4.90 Å². The molecule has 2 aliphatic heterocycles. The second-order valence-corrected chi connectivity index (χ2v) is 14.4. The van der Waals surface area contributed by atoms with Crippen molar-refractivity contribution in [2.45, 2.75) is 38.1 Å². The molecule has 0 amide bonds. The minimum absolute atomic E-state index is 0.156. The molecule has 10 rings (SSSR count). The Morgan fingerprint density at radius 1 is 0.630 bits per heavy atom. The Balaban J connectivity index is 0.810. The quantitative estimate of drug-likeness (QED) is 0.165. The number of pyridine rings is 5. The van der Waals surface area contributed by atoms with E-state index in [0.29, 0.717) is 0 Å². The molecule has 2 aliphatic rings. The van der Waals surface area contributed by atoms with E-state index in [1.165, 1.54) is 22.4 Å². The van der Waals surface area contributed by atoms with Gasteiger partial charge in [0.05, 0.1) is 22.5 Å². The Morgan fingerprint density at radius 2 is 1.28 bits per heavy atom. The van der Waals surface area contributed by atoms with Crippen molar-refractivity contribution < 1.29 is 0 Å². The van der Waals surface area contributed by atoms with Crippen LogP contribution in [0.4, 0.5) is 11.4 Å². The van der Waals surface area contributed by atoms with Gasteiger partial charge in [0, 0.05) is 130 Å². The molecule has 2 unspecified atom stereocenters. The molecule has 0 fully saturated rings. The van der Waals surface area contributed by atoms with Crippen molar-refractivity contribution in [3.8, 4) is 16.8 Å². The van der Waals surface area contributed by atoms with Gasteiger partial charge in [0.1, 0.15) is 0 Å². The van der Waals surface area contributed by atoms with Crippen LogP contribution >= 0.6 is 0 Å². The van der Waals surface area contributed by atoms with Crippen molar-refractivity contribution in [3.63, 3.8) is 0 Å². The summed E-state index contributed by atoms with van der Waals surface area (Å²) in [6, 6.07) is 32.6. The van der Waals surface area contributed by atoms with Crippen LogP contribution in [0.1, 0.15) is 40.7 Å². The van der Waals surface area contributed by atoms with Crippen LogP contribution in [-0.4, -0.2) is 41.7 Å². The first-order chi connectivity index (χ1) is 26.5. The summed E-state index contributed by atoms with van der Waals surface area (Å²) in [4.78, 5) is 29.9. The van der Waals surface area contributed by atoms with Crippen molar-refractivity contribution in [2.24, 2.45) is 4.99 Å². The lowest BCUT2D eigenvalue weighted by Gasteiger charge is -2.33. The molecular formula is C46H36N8. The largest absolute Gasteiger partial charge is 0.333 e. The van der Waals surface area contributed by atoms with Gasteiger partial charge in [0.25, 0.3) is 0 Å². The average Bonchev–Trinajstić information content (AvgIpc) is 3.68. The number of fused-ring (bicyclic) bond motifs is 6. The number of hydrogen-bond acceptors (Lipinski definition) is 7. The number of anilines is 2. The molecule has 8 nitrogen and oxygen atoms in total. The van der Waals surface area contributed by atoms with Crippen molar-refractivity contribution >= 4 is 39.4 Å². The summed E-state index contributed by atoms with van der Waals surface area (Å²) < 4.78 is 2.29. The Labute approximate surface area is 313 Å². The maximum atomic E-state index is 4.83. The van der Waals surface area contributed by atoms with Crippen LogP contribution in [0.15, 0.2) is 152 Å². The zero-order valence-electron chi connectivity index (χ0n) is 30.0. The van der Waals surface area contributed by atoms with Crippen LogP contribution in [0.2, 0.25) is 0 Å². The van der Waals surface area contributed by atoms with E-state index in [0.717, 1.165) is 74.2 Å². The molecule has 8 heteroatoms. The normalized spacial score (nSPS) is 17.3. The maximum Gasteiger partial charge on any atom is 0.0685 e. The average molecular weight is 701 g/mol. The Morgan fingerprint density at radius 3 is 1.96 bits per heavy atom. The Kier molecular flexibility index (Phi) is 7.50. The van der Waals surface area contributed by atoms with Crippen LogP contribution in [0.5, 0.6) is 0 Å². The highest BCUT2D eigenvalue weighted by atomic mass is 15.2. The summed E-state index contributed by atoms with van der Waals surface area (Å²) >= 11 is 0. The molecule has 260 valence electrons. The fourth-order valence-electron chi connectivity index (χ4n) is 8.14. The highest BCUT2D eigenvalue weighted by Crippen LogP contribution is 2.49. The van der Waals surface area contributed by atoms with Gasteiger partial charge in [-0.1, -0.05) is 36.4 Å². The van der Waals surface area contributed by atoms with Crippen molar-refractivity contribution in [1.29, 1.82) is 0 Å². The van der Waals surface area contributed by atoms with Gasteiger partial charge < -0.3 is 9.47 Å². The molecule has 8 aromatic rings. The van der Waals surface area contributed by atoms with Crippen molar-refractivity contribution in [1.82, 2.24) is 29.5 Å². The molecule has 0 radical (unpaired) electrons. The van der Waals surface area contributed by atoms with Crippen LogP contribution in [0.3, 0.4) is 0 Å². The number of aromatic nitrogens is 6. The monoisotopic (exact) mass is 700 g/mol. The summed E-state index contributed by atoms with van der Waals surface area (Å²) in [5.41, 5.74) is 14.3. The Hall–Kier alpha value is -6.80. The molecular weight excluding hydrogens is 665 g/mol. The zero-order chi connectivity index (χ0) is 36.2. The van der Waals surface area contributed by atoms with Gasteiger partial charge >= 0.3 is 0 Å². The fourth-order valence-corrected chi connectivity index (χ4v) is 8.14. The second-order valence-electron chi connectivity index (χ2n) is 14.4. The first kappa shape index (κ1) is 31.9. The Bertz CT molecular complexity index is 2730. The van der Waals surface area contributed by atoms with E-state index in [-0.39, 0.29) is 11.5 Å². The third kappa shape index (κ3) is 5.37. The second kappa shape index (κ2) is 12.7. The molecule has 2 aromatic carbocycles. The molecule has 0 spiro atoms. The van der Waals surface area contributed by atoms with Crippen molar-refractivity contribution in [2.75, 3.05) is 4.90 Å². The first-order valence-corrected chi connectivity index (χ1v) is 18.3. The van der Waals surface area contributed by atoms with Gasteiger partial charge in [-0.15, -0.1) is 0 Å². The van der Waals surface area contributed by atoms with E-state index >= 15 is 0 Å². The summed E-state index contributed by atoms with van der Waals surface area (Å²) in [6.45, 7) is 4.27. The van der Waals surface area contributed by atoms with Gasteiger partial charge in [-0.05, 0) is 85.6 Å². The van der Waals surface area contributed by atoms with Crippen LogP contribution in [-0.2, 0) is 18.3 Å². The third-order valence-electron chi connectivity index (χ3n) is 11.0. The standard InChI is InChI=1S/C46H36N8/c1-30-21-44-40(27-50-30)39-26-47-18-15-42(39)53(44)37-11-3-31(4-12-37)22-35-9-7-33(24-51-35)34-8-10-36(52-25-34)23-32-5-13-38(14-6-32)54-43-16-19-48-28-41(43)46(2)29-49-20-17-45(46)54/h3-21,24-29,45H,22-23H2,1-2H3. The summed E-state index contributed by atoms with van der Waals surface area (Å²) in [5, 5.41) is 2.21. The van der Waals surface area contributed by atoms with Gasteiger partial charge in [0.15, 0.2) is 0 Å². The van der Waals surface area contributed by atoms with E-state index in [1.807, 2.05) is 56.5 Å². The third-order valence-corrected chi connectivity index (χ3v) is 11.0. The molecule has 54 heavy (non-hydrogen) atoms. The van der Waals surface area contributed by atoms with Crippen LogP contribution in [0, 0.1) is 6.92 Å². The minimum atomic E-state index is -0.211. The van der Waals surface area contributed by atoms with E-state index in [4.69, 9.17) is 9.97 Å². The fraction of sp³-hybridized carbons (Fsp3) is 0.130. The number of rotatable bonds is 7. The molecule has 0 bridgehead atoms. The predicted octanol–water partition coefficient (Wildman–Crippen LogP) is 9.29. The van der Waals surface area contributed by atoms with Gasteiger partial charge in [-0.25, -0.2) is 0 Å². The van der Waals surface area contributed by atoms with Crippen molar-refractivity contribution in [3.05, 3.63) is 180 Å². The number of aryl methyl sites for hydroxylation is 1. The first-order valence-electron chi connectivity index (χ1n) is 18.3. The number of benzene rings is 2. The van der Waals surface area contributed by atoms with Gasteiger partial charge in [-0.2, -0.15) is 0 Å². The topological polar surface area (TPSA) is 85.0 Å². The minimum Gasteiger partial charge on any atom is -0.333 e. The number of nitrogens with zero attached hydrogens (tertiary/aromatic N) is 8. The van der Waals surface area contributed by atoms with Crippen LogP contribution in [0.25, 0.3) is 38.6 Å². The van der Waals surface area contributed by atoms with Gasteiger partial charge in [0.2, 0.25) is 0 Å². The highest BCUT2D eigenvalue weighted by Gasteiger charge is 2.47. The molecule has 0 saturated carbocycles. The SMILES string of the molecule is Cc1cc2c(cn1)c1cnccc1n2-c1ccc(Cc2ccc(-c3ccc(Cc4ccc(N5c6ccncc6C6(C)C=NC=CC56)cc4)nc3)cn2)cc1. The predicted molar refractivity (Wildman–Crippen MR) is 216 cm³/mol. The molecule has 8 heterocycles. The van der Waals surface area contributed by atoms with E-state index < -0.39 is 0 Å². The molecule has 0 N–H and O–H groups in total.